The summed E-state index contributed by atoms with van der Waals surface area (Å²) in [5.74, 6) is 0.390. The van der Waals surface area contributed by atoms with Gasteiger partial charge in [-0.2, -0.15) is 0 Å². The van der Waals surface area contributed by atoms with Gasteiger partial charge in [-0.1, -0.05) is 18.2 Å². The fraction of sp³-hybridized carbons (Fsp3) is 0.529. The van der Waals surface area contributed by atoms with E-state index in [1.165, 1.54) is 6.07 Å². The second-order valence-corrected chi connectivity index (χ2v) is 6.20. The van der Waals surface area contributed by atoms with Crippen molar-refractivity contribution in [3.05, 3.63) is 35.6 Å². The Labute approximate surface area is 166 Å². The Kier molecular flexibility index (Phi) is 11.1. The van der Waals surface area contributed by atoms with Gasteiger partial charge in [0.1, 0.15) is 11.4 Å². The van der Waals surface area contributed by atoms with Gasteiger partial charge in [-0.3, -0.25) is 4.99 Å². The lowest BCUT2D eigenvalue weighted by atomic mass is 10.1. The van der Waals surface area contributed by atoms with Crippen LogP contribution in [0.15, 0.2) is 29.3 Å². The number of halogens is 2. The van der Waals surface area contributed by atoms with Gasteiger partial charge in [0.25, 0.3) is 0 Å². The lowest BCUT2D eigenvalue weighted by molar-refractivity contribution is 0.0529. The predicted octanol–water partition coefficient (Wildman–Crippen LogP) is 2.68. The zero-order chi connectivity index (χ0) is 18.0. The number of aliphatic imine (C=N–C) groups is 1. The molecule has 142 valence electrons. The highest BCUT2D eigenvalue weighted by Gasteiger charge is 2.15. The van der Waals surface area contributed by atoms with E-state index in [9.17, 15) is 9.18 Å². The van der Waals surface area contributed by atoms with Gasteiger partial charge in [-0.05, 0) is 38.8 Å². The minimum absolute atomic E-state index is 0. The van der Waals surface area contributed by atoms with Crippen molar-refractivity contribution in [1.82, 2.24) is 16.0 Å². The molecule has 0 spiro atoms. The quantitative estimate of drug-likeness (QED) is 0.261. The fourth-order valence-electron chi connectivity index (χ4n) is 1.90. The Morgan fingerprint density at radius 3 is 2.32 bits per heavy atom. The molecular weight excluding hydrogens is 438 g/mol. The minimum atomic E-state index is -0.512. The number of amides is 1. The van der Waals surface area contributed by atoms with Crippen molar-refractivity contribution in [3.8, 4) is 0 Å². The minimum Gasteiger partial charge on any atom is -0.444 e. The number of carbonyl (C=O) groups is 1. The summed E-state index contributed by atoms with van der Waals surface area (Å²) in [5.41, 5.74) is 0.147. The van der Waals surface area contributed by atoms with Crippen molar-refractivity contribution >= 4 is 36.0 Å². The summed E-state index contributed by atoms with van der Waals surface area (Å²) in [5, 5.41) is 8.82. The zero-order valence-electron chi connectivity index (χ0n) is 15.2. The Bertz CT molecular complexity index is 562. The summed E-state index contributed by atoms with van der Waals surface area (Å²) in [6, 6.07) is 6.70. The normalized spacial score (nSPS) is 11.3. The van der Waals surface area contributed by atoms with Crippen molar-refractivity contribution in [3.63, 3.8) is 0 Å². The van der Waals surface area contributed by atoms with Crippen LogP contribution in [0.1, 0.15) is 26.3 Å². The average molecular weight is 466 g/mol. The Morgan fingerprint density at radius 1 is 1.12 bits per heavy atom. The number of alkyl carbamates (subject to hydrolysis) is 1. The highest BCUT2D eigenvalue weighted by molar-refractivity contribution is 14.0. The molecule has 0 atom stereocenters. The molecule has 8 heteroatoms. The summed E-state index contributed by atoms with van der Waals surface area (Å²) < 4.78 is 18.6. The van der Waals surface area contributed by atoms with E-state index in [0.717, 1.165) is 0 Å². The molecular formula is C17H28FIN4O2. The number of rotatable bonds is 6. The van der Waals surface area contributed by atoms with Crippen LogP contribution < -0.4 is 16.0 Å². The summed E-state index contributed by atoms with van der Waals surface area (Å²) >= 11 is 0. The van der Waals surface area contributed by atoms with Crippen LogP contribution in [0.4, 0.5) is 9.18 Å². The third kappa shape index (κ3) is 10.8. The van der Waals surface area contributed by atoms with Crippen LogP contribution >= 0.6 is 24.0 Å². The van der Waals surface area contributed by atoms with Gasteiger partial charge in [0.15, 0.2) is 5.96 Å². The van der Waals surface area contributed by atoms with Gasteiger partial charge in [0.2, 0.25) is 0 Å². The zero-order valence-corrected chi connectivity index (χ0v) is 17.5. The third-order valence-electron chi connectivity index (χ3n) is 2.95. The van der Waals surface area contributed by atoms with Crippen LogP contribution in [0.25, 0.3) is 0 Å². The highest BCUT2D eigenvalue weighted by Crippen LogP contribution is 2.06. The number of guanidine groups is 1. The average Bonchev–Trinajstić information content (AvgIpc) is 2.49. The summed E-state index contributed by atoms with van der Waals surface area (Å²) in [6.45, 7) is 6.89. The Hall–Kier alpha value is -1.58. The van der Waals surface area contributed by atoms with E-state index >= 15 is 0 Å². The molecule has 0 aromatic heterocycles. The Morgan fingerprint density at radius 2 is 1.72 bits per heavy atom. The number of hydrogen-bond donors (Lipinski definition) is 3. The molecule has 3 N–H and O–H groups in total. The molecule has 0 bridgehead atoms. The number of hydrogen-bond acceptors (Lipinski definition) is 3. The van der Waals surface area contributed by atoms with Gasteiger partial charge in [-0.15, -0.1) is 24.0 Å². The molecule has 0 unspecified atom stereocenters. The molecule has 1 amide bonds. The summed E-state index contributed by atoms with van der Waals surface area (Å²) in [4.78, 5) is 15.6. The van der Waals surface area contributed by atoms with Crippen LogP contribution in [-0.4, -0.2) is 44.3 Å². The van der Waals surface area contributed by atoms with Gasteiger partial charge < -0.3 is 20.7 Å². The summed E-state index contributed by atoms with van der Waals surface area (Å²) in [7, 11) is 1.65. The number of carbonyl (C=O) groups excluding carboxylic acids is 1. The van der Waals surface area contributed by atoms with E-state index in [0.29, 0.717) is 37.6 Å². The molecule has 1 aromatic rings. The van der Waals surface area contributed by atoms with E-state index in [-0.39, 0.29) is 29.8 Å². The second kappa shape index (κ2) is 11.9. The number of benzene rings is 1. The maximum absolute atomic E-state index is 13.5. The van der Waals surface area contributed by atoms with Crippen molar-refractivity contribution in [2.24, 2.45) is 4.99 Å². The molecule has 0 fully saturated rings. The summed E-state index contributed by atoms with van der Waals surface area (Å²) in [6.07, 6.45) is 0.107. The highest BCUT2D eigenvalue weighted by atomic mass is 127. The molecule has 1 rings (SSSR count). The van der Waals surface area contributed by atoms with E-state index in [1.807, 2.05) is 26.8 Å². The lowest BCUT2D eigenvalue weighted by Gasteiger charge is -2.19. The van der Waals surface area contributed by atoms with Gasteiger partial charge >= 0.3 is 6.09 Å². The van der Waals surface area contributed by atoms with Crippen LogP contribution in [0.2, 0.25) is 0 Å². The SMILES string of the molecule is CN=C(NCCNC(=O)OC(C)(C)C)NCCc1ccccc1F.I. The lowest BCUT2D eigenvalue weighted by Crippen LogP contribution is -2.43. The topological polar surface area (TPSA) is 74.8 Å². The molecule has 0 saturated heterocycles. The van der Waals surface area contributed by atoms with Crippen LogP contribution in [0.3, 0.4) is 0 Å². The molecule has 0 saturated carbocycles. The van der Waals surface area contributed by atoms with Crippen molar-refractivity contribution in [1.29, 1.82) is 0 Å². The maximum atomic E-state index is 13.5. The first-order valence-electron chi connectivity index (χ1n) is 7.96. The van der Waals surface area contributed by atoms with Crippen LogP contribution in [0.5, 0.6) is 0 Å². The molecule has 0 heterocycles. The molecule has 0 aliphatic rings. The molecule has 0 radical (unpaired) electrons. The van der Waals surface area contributed by atoms with Crippen LogP contribution in [-0.2, 0) is 11.2 Å². The molecule has 0 aliphatic heterocycles. The first-order chi connectivity index (χ1) is 11.3. The molecule has 25 heavy (non-hydrogen) atoms. The maximum Gasteiger partial charge on any atom is 0.407 e. The monoisotopic (exact) mass is 466 g/mol. The largest absolute Gasteiger partial charge is 0.444 e. The van der Waals surface area contributed by atoms with Crippen molar-refractivity contribution < 1.29 is 13.9 Å². The molecule has 1 aromatic carbocycles. The Balaban J connectivity index is 0.00000576. The second-order valence-electron chi connectivity index (χ2n) is 6.20. The first kappa shape index (κ1) is 23.4. The fourth-order valence-corrected chi connectivity index (χ4v) is 1.90. The van der Waals surface area contributed by atoms with Crippen molar-refractivity contribution in [2.75, 3.05) is 26.7 Å². The van der Waals surface area contributed by atoms with E-state index in [1.54, 1.807) is 19.2 Å². The standard InChI is InChI=1S/C17H27FN4O2.HI/c1-17(2,3)24-16(23)22-12-11-21-15(19-4)20-10-9-13-7-5-6-8-14(13)18;/h5-8H,9-12H2,1-4H3,(H,22,23)(H2,19,20,21);1H. The van der Waals surface area contributed by atoms with Gasteiger partial charge in [0, 0.05) is 26.7 Å². The van der Waals surface area contributed by atoms with E-state index in [2.05, 4.69) is 20.9 Å². The predicted molar refractivity (Wildman–Crippen MR) is 109 cm³/mol. The smallest absolute Gasteiger partial charge is 0.407 e. The first-order valence-corrected chi connectivity index (χ1v) is 7.96. The number of nitrogens with one attached hydrogen (secondary N) is 3. The van der Waals surface area contributed by atoms with Gasteiger partial charge in [-0.25, -0.2) is 9.18 Å². The van der Waals surface area contributed by atoms with Crippen molar-refractivity contribution in [2.45, 2.75) is 32.8 Å². The molecule has 0 aliphatic carbocycles. The third-order valence-corrected chi connectivity index (χ3v) is 2.95. The number of ether oxygens (including phenoxy) is 1. The van der Waals surface area contributed by atoms with E-state index in [4.69, 9.17) is 4.74 Å². The number of nitrogens with zero attached hydrogens (tertiary/aromatic N) is 1. The van der Waals surface area contributed by atoms with E-state index < -0.39 is 11.7 Å². The van der Waals surface area contributed by atoms with Gasteiger partial charge in [0.05, 0.1) is 0 Å². The van der Waals surface area contributed by atoms with Crippen LogP contribution in [0, 0.1) is 5.82 Å². The molecule has 6 nitrogen and oxygen atoms in total.